The third-order valence-corrected chi connectivity index (χ3v) is 6.90. The van der Waals surface area contributed by atoms with E-state index in [0.29, 0.717) is 11.3 Å². The summed E-state index contributed by atoms with van der Waals surface area (Å²) in [4.78, 5) is 0.411. The quantitative estimate of drug-likeness (QED) is 0.843. The van der Waals surface area contributed by atoms with Crippen molar-refractivity contribution in [3.63, 3.8) is 0 Å². The fourth-order valence-electron chi connectivity index (χ4n) is 3.16. The summed E-state index contributed by atoms with van der Waals surface area (Å²) in [6.07, 6.45) is 4.33. The van der Waals surface area contributed by atoms with Crippen molar-refractivity contribution in [3.8, 4) is 0 Å². The number of hydrogen-bond donors (Lipinski definition) is 2. The summed E-state index contributed by atoms with van der Waals surface area (Å²) in [5.74, 6) is 0. The Kier molecular flexibility index (Phi) is 6.01. The smallest absolute Gasteiger partial charge is 0.182 e. The molecule has 4 nitrogen and oxygen atoms in total. The predicted molar refractivity (Wildman–Crippen MR) is 88.7 cm³/mol. The highest BCUT2D eigenvalue weighted by Crippen LogP contribution is 2.29. The molecule has 124 valence electrons. The molecule has 0 radical (unpaired) electrons. The lowest BCUT2D eigenvalue weighted by molar-refractivity contribution is 0.216. The lowest BCUT2D eigenvalue weighted by atomic mass is 9.94. The molecule has 3 atom stereocenters. The molecule has 22 heavy (non-hydrogen) atoms. The van der Waals surface area contributed by atoms with Gasteiger partial charge in [0.1, 0.15) is 0 Å². The van der Waals surface area contributed by atoms with Crippen LogP contribution in [0.15, 0.2) is 29.2 Å². The molecule has 1 aliphatic carbocycles. The molecule has 1 aromatic carbocycles. The van der Waals surface area contributed by atoms with Gasteiger partial charge >= 0.3 is 0 Å². The highest BCUT2D eigenvalue weighted by atomic mass is 32.2. The van der Waals surface area contributed by atoms with Gasteiger partial charge in [0, 0.05) is 12.1 Å². The molecule has 5 heteroatoms. The number of aryl methyl sites for hydroxylation is 1. The van der Waals surface area contributed by atoms with Gasteiger partial charge in [-0.25, -0.2) is 8.42 Å². The summed E-state index contributed by atoms with van der Waals surface area (Å²) in [6.45, 7) is 4.00. The van der Waals surface area contributed by atoms with Crippen molar-refractivity contribution < 1.29 is 13.5 Å². The summed E-state index contributed by atoms with van der Waals surface area (Å²) in [5.41, 5.74) is 1.06. The van der Waals surface area contributed by atoms with Crippen LogP contribution >= 0.6 is 0 Å². The second-order valence-electron chi connectivity index (χ2n) is 6.24. The molecule has 0 aliphatic heterocycles. The number of aliphatic hydroxyl groups excluding tert-OH is 1. The minimum atomic E-state index is -3.33. The monoisotopic (exact) mass is 325 g/mol. The Labute approximate surface area is 133 Å². The maximum atomic E-state index is 13.0. The predicted octanol–water partition coefficient (Wildman–Crippen LogP) is 2.44. The van der Waals surface area contributed by atoms with Crippen molar-refractivity contribution in [1.29, 1.82) is 0 Å². The van der Waals surface area contributed by atoms with Gasteiger partial charge in [-0.3, -0.25) is 0 Å². The Morgan fingerprint density at radius 2 is 1.86 bits per heavy atom. The first-order chi connectivity index (χ1) is 10.5. The van der Waals surface area contributed by atoms with Crippen molar-refractivity contribution >= 4 is 9.84 Å². The Bertz CT molecular complexity index is 564. The van der Waals surface area contributed by atoms with E-state index in [1.54, 1.807) is 12.1 Å². The van der Waals surface area contributed by atoms with Gasteiger partial charge in [-0.1, -0.05) is 37.5 Å². The lowest BCUT2D eigenvalue weighted by Crippen LogP contribution is -2.50. The zero-order valence-corrected chi connectivity index (χ0v) is 14.3. The molecule has 0 aromatic heterocycles. The first-order valence-electron chi connectivity index (χ1n) is 8.16. The molecular formula is C17H27NO3S. The summed E-state index contributed by atoms with van der Waals surface area (Å²) < 4.78 is 25.9. The SMILES string of the molecule is CC[C@H](CO)N[C@@H]1CCCC[C@@H]1S(=O)(=O)c1ccc(C)cc1. The minimum absolute atomic E-state index is 0.0289. The molecular weight excluding hydrogens is 298 g/mol. The average Bonchev–Trinajstić information content (AvgIpc) is 2.53. The molecule has 0 spiro atoms. The van der Waals surface area contributed by atoms with Gasteiger partial charge in [0.15, 0.2) is 9.84 Å². The van der Waals surface area contributed by atoms with Crippen LogP contribution < -0.4 is 5.32 Å². The van der Waals surface area contributed by atoms with E-state index in [-0.39, 0.29) is 18.7 Å². The van der Waals surface area contributed by atoms with E-state index in [1.165, 1.54) is 0 Å². The molecule has 1 aromatic rings. The summed E-state index contributed by atoms with van der Waals surface area (Å²) in [6, 6.07) is 7.01. The summed E-state index contributed by atoms with van der Waals surface area (Å²) in [7, 11) is -3.33. The lowest BCUT2D eigenvalue weighted by Gasteiger charge is -2.34. The van der Waals surface area contributed by atoms with E-state index < -0.39 is 15.1 Å². The number of nitrogens with one attached hydrogen (secondary N) is 1. The Hall–Kier alpha value is -0.910. The zero-order chi connectivity index (χ0) is 16.2. The zero-order valence-electron chi connectivity index (χ0n) is 13.5. The van der Waals surface area contributed by atoms with Crippen molar-refractivity contribution in [1.82, 2.24) is 5.32 Å². The highest BCUT2D eigenvalue weighted by Gasteiger charge is 2.37. The third kappa shape index (κ3) is 3.89. The van der Waals surface area contributed by atoms with E-state index in [0.717, 1.165) is 31.2 Å². The number of sulfone groups is 1. The van der Waals surface area contributed by atoms with Gasteiger partial charge in [0.05, 0.1) is 16.8 Å². The van der Waals surface area contributed by atoms with Crippen LogP contribution in [0.5, 0.6) is 0 Å². The molecule has 0 amide bonds. The molecule has 1 aliphatic rings. The molecule has 1 fully saturated rings. The van der Waals surface area contributed by atoms with E-state index in [4.69, 9.17) is 0 Å². The summed E-state index contributed by atoms with van der Waals surface area (Å²) in [5, 5.41) is 12.3. The minimum Gasteiger partial charge on any atom is -0.395 e. The number of rotatable bonds is 6. The Morgan fingerprint density at radius 1 is 1.23 bits per heavy atom. The third-order valence-electron chi connectivity index (χ3n) is 4.61. The molecule has 0 bridgehead atoms. The first kappa shape index (κ1) is 17.4. The molecule has 2 rings (SSSR count). The van der Waals surface area contributed by atoms with Gasteiger partial charge in [0.25, 0.3) is 0 Å². The maximum absolute atomic E-state index is 13.0. The maximum Gasteiger partial charge on any atom is 0.182 e. The van der Waals surface area contributed by atoms with Crippen LogP contribution in [-0.2, 0) is 9.84 Å². The normalized spacial score (nSPS) is 24.1. The molecule has 0 saturated heterocycles. The fourth-order valence-corrected chi connectivity index (χ4v) is 5.15. The van der Waals surface area contributed by atoms with Crippen LogP contribution in [0.25, 0.3) is 0 Å². The second kappa shape index (κ2) is 7.57. The van der Waals surface area contributed by atoms with Gasteiger partial charge in [-0.05, 0) is 38.3 Å². The van der Waals surface area contributed by atoms with Gasteiger partial charge in [-0.2, -0.15) is 0 Å². The number of hydrogen-bond acceptors (Lipinski definition) is 4. The number of benzene rings is 1. The van der Waals surface area contributed by atoms with Crippen LogP contribution in [0.3, 0.4) is 0 Å². The number of aliphatic hydroxyl groups is 1. The largest absolute Gasteiger partial charge is 0.395 e. The first-order valence-corrected chi connectivity index (χ1v) is 9.71. The van der Waals surface area contributed by atoms with Gasteiger partial charge < -0.3 is 10.4 Å². The average molecular weight is 325 g/mol. The Balaban J connectivity index is 2.23. The van der Waals surface area contributed by atoms with Crippen LogP contribution in [0.4, 0.5) is 0 Å². The standard InChI is InChI=1S/C17H27NO3S/c1-3-14(12-19)18-16-6-4-5-7-17(16)22(20,21)15-10-8-13(2)9-11-15/h8-11,14,16-19H,3-7,12H2,1-2H3/t14-,16-,17+/m1/s1. The molecule has 2 N–H and O–H groups in total. The Morgan fingerprint density at radius 3 is 2.45 bits per heavy atom. The second-order valence-corrected chi connectivity index (χ2v) is 8.41. The molecule has 0 unspecified atom stereocenters. The van der Waals surface area contributed by atoms with Crippen molar-refractivity contribution in [2.75, 3.05) is 6.61 Å². The highest BCUT2D eigenvalue weighted by molar-refractivity contribution is 7.92. The van der Waals surface area contributed by atoms with Gasteiger partial charge in [0.2, 0.25) is 0 Å². The topological polar surface area (TPSA) is 66.4 Å². The molecule has 1 saturated carbocycles. The van der Waals surface area contributed by atoms with E-state index in [2.05, 4.69) is 5.32 Å². The van der Waals surface area contributed by atoms with E-state index in [1.807, 2.05) is 26.0 Å². The van der Waals surface area contributed by atoms with Crippen molar-refractivity contribution in [2.24, 2.45) is 0 Å². The van der Waals surface area contributed by atoms with E-state index >= 15 is 0 Å². The van der Waals surface area contributed by atoms with Crippen LogP contribution in [-0.4, -0.2) is 37.5 Å². The van der Waals surface area contributed by atoms with Crippen molar-refractivity contribution in [2.45, 2.75) is 68.2 Å². The van der Waals surface area contributed by atoms with E-state index in [9.17, 15) is 13.5 Å². The summed E-state index contributed by atoms with van der Waals surface area (Å²) >= 11 is 0. The van der Waals surface area contributed by atoms with Crippen molar-refractivity contribution in [3.05, 3.63) is 29.8 Å². The molecule has 0 heterocycles. The van der Waals surface area contributed by atoms with Crippen LogP contribution in [0.2, 0.25) is 0 Å². The van der Waals surface area contributed by atoms with Gasteiger partial charge in [-0.15, -0.1) is 0 Å². The van der Waals surface area contributed by atoms with Crippen LogP contribution in [0.1, 0.15) is 44.6 Å². The fraction of sp³-hybridized carbons (Fsp3) is 0.647. The van der Waals surface area contributed by atoms with Crippen LogP contribution in [0, 0.1) is 6.92 Å².